The third-order valence-corrected chi connectivity index (χ3v) is 5.53. The summed E-state index contributed by atoms with van der Waals surface area (Å²) in [7, 11) is 0. The van der Waals surface area contributed by atoms with Gasteiger partial charge in [0.2, 0.25) is 5.91 Å². The Balaban J connectivity index is 2.13. The number of aromatic hydroxyl groups is 1. The van der Waals surface area contributed by atoms with Crippen molar-refractivity contribution in [3.63, 3.8) is 0 Å². The number of carbonyl (C=O) groups excluding carboxylic acids is 2. The van der Waals surface area contributed by atoms with Gasteiger partial charge in [-0.05, 0) is 51.3 Å². The molecule has 2 aromatic carbocycles. The first-order valence-corrected chi connectivity index (χ1v) is 11.5. The molecule has 0 saturated heterocycles. The summed E-state index contributed by atoms with van der Waals surface area (Å²) in [6.07, 6.45) is 3.23. The van der Waals surface area contributed by atoms with Crippen molar-refractivity contribution < 1.29 is 14.7 Å². The normalized spacial score (nSPS) is 12.8. The van der Waals surface area contributed by atoms with E-state index in [-0.39, 0.29) is 22.5 Å². The summed E-state index contributed by atoms with van der Waals surface area (Å²) in [6.45, 7) is 18.5. The average molecular weight is 450 g/mol. The highest BCUT2D eigenvalue weighted by molar-refractivity contribution is 6.00. The van der Waals surface area contributed by atoms with Gasteiger partial charge in [-0.1, -0.05) is 86.6 Å². The molecule has 4 nitrogen and oxygen atoms in total. The summed E-state index contributed by atoms with van der Waals surface area (Å²) in [5, 5.41) is 13.8. The van der Waals surface area contributed by atoms with Crippen LogP contribution in [0.4, 0.5) is 0 Å². The van der Waals surface area contributed by atoms with E-state index in [0.717, 1.165) is 22.3 Å². The number of nitrogens with one attached hydrogen (secondary N) is 1. The van der Waals surface area contributed by atoms with E-state index in [1.54, 1.807) is 18.2 Å². The van der Waals surface area contributed by atoms with Crippen LogP contribution in [0.15, 0.2) is 42.5 Å². The Morgan fingerprint density at radius 1 is 0.848 bits per heavy atom. The third kappa shape index (κ3) is 7.05. The number of rotatable bonds is 5. The largest absolute Gasteiger partial charge is 0.507 e. The summed E-state index contributed by atoms with van der Waals surface area (Å²) < 4.78 is 0. The first kappa shape index (κ1) is 26.4. The van der Waals surface area contributed by atoms with Crippen LogP contribution in [0.5, 0.6) is 5.75 Å². The zero-order chi connectivity index (χ0) is 25.2. The lowest BCUT2D eigenvalue weighted by Crippen LogP contribution is -2.22. The molecular weight excluding hydrogens is 410 g/mol. The Morgan fingerprint density at radius 3 is 1.76 bits per heavy atom. The highest BCUT2D eigenvalue weighted by atomic mass is 16.3. The molecule has 0 unspecified atom stereocenters. The van der Waals surface area contributed by atoms with Crippen molar-refractivity contribution in [2.24, 2.45) is 5.41 Å². The zero-order valence-electron chi connectivity index (χ0n) is 21.6. The lowest BCUT2D eigenvalue weighted by molar-refractivity contribution is -0.116. The maximum Gasteiger partial charge on any atom is 0.244 e. The summed E-state index contributed by atoms with van der Waals surface area (Å²) in [4.78, 5) is 24.8. The predicted octanol–water partition coefficient (Wildman–Crippen LogP) is 6.55. The van der Waals surface area contributed by atoms with Gasteiger partial charge in [-0.25, -0.2) is 0 Å². The molecule has 0 radical (unpaired) electrons. The van der Waals surface area contributed by atoms with E-state index in [4.69, 9.17) is 0 Å². The van der Waals surface area contributed by atoms with Crippen molar-refractivity contribution in [1.82, 2.24) is 5.32 Å². The molecule has 0 aliphatic rings. The molecule has 0 saturated carbocycles. The number of hydrogen-bond acceptors (Lipinski definition) is 3. The summed E-state index contributed by atoms with van der Waals surface area (Å²) in [5.74, 6) is 0.222. The summed E-state index contributed by atoms with van der Waals surface area (Å²) >= 11 is 0. The first-order chi connectivity index (χ1) is 15.0. The van der Waals surface area contributed by atoms with E-state index in [0.29, 0.717) is 17.9 Å². The monoisotopic (exact) mass is 449 g/mol. The second-order valence-electron chi connectivity index (χ2n) is 11.8. The summed E-state index contributed by atoms with van der Waals surface area (Å²) in [5.41, 5.74) is 3.36. The highest BCUT2D eigenvalue weighted by Crippen LogP contribution is 2.39. The standard InChI is InChI=1S/C29H39NO3/c1-27(2,3)22-16-20(17-23(25(22)32)28(4,5)6)18-30-24(31)15-12-19-10-13-21(14-11-19)26(33)29(7,8)9/h10-17,32H,18H2,1-9H3,(H,30,31). The van der Waals surface area contributed by atoms with Gasteiger partial charge in [-0.15, -0.1) is 0 Å². The lowest BCUT2D eigenvalue weighted by Gasteiger charge is -2.28. The molecule has 2 aromatic rings. The quantitative estimate of drug-likeness (QED) is 0.402. The van der Waals surface area contributed by atoms with E-state index < -0.39 is 5.41 Å². The van der Waals surface area contributed by atoms with E-state index in [1.807, 2.05) is 45.0 Å². The second kappa shape index (κ2) is 9.54. The van der Waals surface area contributed by atoms with Gasteiger partial charge < -0.3 is 10.4 Å². The molecule has 1 amide bonds. The van der Waals surface area contributed by atoms with Gasteiger partial charge in [0, 0.05) is 23.6 Å². The molecule has 0 atom stereocenters. The van der Waals surface area contributed by atoms with Crippen LogP contribution in [-0.2, 0) is 22.2 Å². The molecule has 178 valence electrons. The summed E-state index contributed by atoms with van der Waals surface area (Å²) in [6, 6.07) is 11.2. The minimum atomic E-state index is -0.425. The van der Waals surface area contributed by atoms with Crippen molar-refractivity contribution in [1.29, 1.82) is 0 Å². The number of Topliss-reactive ketones (excluding diaryl/α,β-unsaturated/α-hetero) is 1. The Kier molecular flexibility index (Phi) is 7.63. The van der Waals surface area contributed by atoms with Crippen LogP contribution in [0.25, 0.3) is 6.08 Å². The van der Waals surface area contributed by atoms with Gasteiger partial charge in [0.25, 0.3) is 0 Å². The molecule has 2 N–H and O–H groups in total. The average Bonchev–Trinajstić information content (AvgIpc) is 2.68. The second-order valence-corrected chi connectivity index (χ2v) is 11.8. The molecule has 4 heteroatoms. The van der Waals surface area contributed by atoms with Crippen molar-refractivity contribution in [2.45, 2.75) is 79.7 Å². The van der Waals surface area contributed by atoms with Crippen LogP contribution in [0.3, 0.4) is 0 Å². The Hall–Kier alpha value is -2.88. The fraction of sp³-hybridized carbons (Fsp3) is 0.448. The van der Waals surface area contributed by atoms with Crippen molar-refractivity contribution in [2.75, 3.05) is 0 Å². The van der Waals surface area contributed by atoms with Gasteiger partial charge in [-0.2, -0.15) is 0 Å². The topological polar surface area (TPSA) is 66.4 Å². The van der Waals surface area contributed by atoms with Gasteiger partial charge >= 0.3 is 0 Å². The van der Waals surface area contributed by atoms with Crippen LogP contribution in [-0.4, -0.2) is 16.8 Å². The molecule has 2 rings (SSSR count). The van der Waals surface area contributed by atoms with E-state index in [9.17, 15) is 14.7 Å². The number of phenols is 1. The Labute approximate surface area is 199 Å². The van der Waals surface area contributed by atoms with Crippen molar-refractivity contribution >= 4 is 17.8 Å². The fourth-order valence-corrected chi connectivity index (χ4v) is 3.54. The Bertz CT molecular complexity index is 1010. The molecule has 0 spiro atoms. The van der Waals surface area contributed by atoms with Crippen LogP contribution in [0.1, 0.15) is 94.9 Å². The smallest absolute Gasteiger partial charge is 0.244 e. The predicted molar refractivity (Wildman–Crippen MR) is 137 cm³/mol. The molecular formula is C29H39NO3. The number of hydrogen-bond donors (Lipinski definition) is 2. The number of benzene rings is 2. The van der Waals surface area contributed by atoms with Crippen LogP contribution >= 0.6 is 0 Å². The number of amides is 1. The molecule has 0 aromatic heterocycles. The number of phenolic OH excluding ortho intramolecular Hbond substituents is 1. The van der Waals surface area contributed by atoms with Crippen molar-refractivity contribution in [3.8, 4) is 5.75 Å². The molecule has 0 heterocycles. The number of carbonyl (C=O) groups is 2. The lowest BCUT2D eigenvalue weighted by atomic mass is 9.78. The van der Waals surface area contributed by atoms with E-state index in [2.05, 4.69) is 46.9 Å². The van der Waals surface area contributed by atoms with Crippen LogP contribution in [0, 0.1) is 5.41 Å². The van der Waals surface area contributed by atoms with Gasteiger partial charge in [0.1, 0.15) is 5.75 Å². The third-order valence-electron chi connectivity index (χ3n) is 5.53. The minimum Gasteiger partial charge on any atom is -0.507 e. The van der Waals surface area contributed by atoms with E-state index >= 15 is 0 Å². The molecule has 0 fully saturated rings. The molecule has 33 heavy (non-hydrogen) atoms. The number of ketones is 1. The van der Waals surface area contributed by atoms with Gasteiger partial charge in [0.05, 0.1) is 0 Å². The van der Waals surface area contributed by atoms with Gasteiger partial charge in [0.15, 0.2) is 5.78 Å². The maximum absolute atomic E-state index is 12.4. The molecule has 0 aliphatic heterocycles. The SMILES string of the molecule is CC(C)(C)C(=O)c1ccc(C=CC(=O)NCc2cc(C(C)(C)C)c(O)c(C(C)(C)C)c2)cc1. The molecule has 0 aliphatic carbocycles. The fourth-order valence-electron chi connectivity index (χ4n) is 3.54. The van der Waals surface area contributed by atoms with Crippen LogP contribution < -0.4 is 5.32 Å². The highest BCUT2D eigenvalue weighted by Gasteiger charge is 2.26. The van der Waals surface area contributed by atoms with E-state index in [1.165, 1.54) is 6.08 Å². The van der Waals surface area contributed by atoms with Crippen molar-refractivity contribution in [3.05, 3.63) is 70.3 Å². The molecule has 0 bridgehead atoms. The zero-order valence-corrected chi connectivity index (χ0v) is 21.6. The van der Waals surface area contributed by atoms with Gasteiger partial charge in [-0.3, -0.25) is 9.59 Å². The minimum absolute atomic E-state index is 0.0916. The Morgan fingerprint density at radius 2 is 1.33 bits per heavy atom. The maximum atomic E-state index is 12.4. The van der Waals surface area contributed by atoms with Crippen LogP contribution in [0.2, 0.25) is 0 Å². The first-order valence-electron chi connectivity index (χ1n) is 11.5.